The van der Waals surface area contributed by atoms with Gasteiger partial charge in [-0.05, 0) is 31.7 Å². The predicted molar refractivity (Wildman–Crippen MR) is 96.2 cm³/mol. The summed E-state index contributed by atoms with van der Waals surface area (Å²) in [5, 5.41) is 2.27. The molecular weight excluding hydrogens is 425 g/mol. The standard InChI is InChI=1S/C19H16F5N5O2/c20-11-10(12(21)14(23)15(24)13(11)22)16(28-19-26-7-4-8-27-19)17(29-25)18(30)31-9-5-2-1-3-6-9/h4,7-9,16H,1-3,5-6H2,(H,26,27,28). The Labute approximate surface area is 172 Å². The Balaban J connectivity index is 2.06. The first-order valence-corrected chi connectivity index (χ1v) is 9.33. The van der Waals surface area contributed by atoms with Crippen LogP contribution in [0.1, 0.15) is 43.7 Å². The summed E-state index contributed by atoms with van der Waals surface area (Å²) in [6, 6.07) is -0.746. The molecule has 0 spiro atoms. The molecule has 1 atom stereocenters. The lowest BCUT2D eigenvalue weighted by Crippen LogP contribution is -2.35. The first kappa shape index (κ1) is 22.3. The van der Waals surface area contributed by atoms with E-state index in [2.05, 4.69) is 20.1 Å². The molecule has 0 aliphatic heterocycles. The number of carbonyl (C=O) groups is 1. The van der Waals surface area contributed by atoms with E-state index < -0.39 is 58.5 Å². The summed E-state index contributed by atoms with van der Waals surface area (Å²) in [4.78, 5) is 22.8. The quantitative estimate of drug-likeness (QED) is 0.140. The fraction of sp³-hybridized carbons (Fsp3) is 0.368. The van der Waals surface area contributed by atoms with Gasteiger partial charge in [-0.2, -0.15) is 4.79 Å². The first-order chi connectivity index (χ1) is 14.8. The van der Waals surface area contributed by atoms with E-state index in [1.54, 1.807) is 0 Å². The molecule has 1 fully saturated rings. The second kappa shape index (κ2) is 9.61. The lowest BCUT2D eigenvalue weighted by molar-refractivity contribution is -0.147. The maximum Gasteiger partial charge on any atom is 0.419 e. The van der Waals surface area contributed by atoms with Gasteiger partial charge in [-0.1, -0.05) is 6.42 Å². The number of aromatic nitrogens is 2. The molecule has 7 nitrogen and oxygen atoms in total. The number of rotatable bonds is 6. The number of benzene rings is 1. The molecule has 0 bridgehead atoms. The van der Waals surface area contributed by atoms with Crippen LogP contribution in [-0.4, -0.2) is 32.5 Å². The fourth-order valence-electron chi connectivity index (χ4n) is 3.27. The topological polar surface area (TPSA) is 101 Å². The van der Waals surface area contributed by atoms with E-state index in [0.717, 1.165) is 19.3 Å². The molecule has 31 heavy (non-hydrogen) atoms. The second-order valence-corrected chi connectivity index (χ2v) is 6.78. The van der Waals surface area contributed by atoms with Gasteiger partial charge in [0.15, 0.2) is 29.3 Å². The molecule has 2 aromatic rings. The summed E-state index contributed by atoms with van der Waals surface area (Å²) in [5.74, 6) is -12.9. The van der Waals surface area contributed by atoms with Gasteiger partial charge in [-0.3, -0.25) is 0 Å². The predicted octanol–water partition coefficient (Wildman–Crippen LogP) is 3.87. The van der Waals surface area contributed by atoms with E-state index in [1.165, 1.54) is 18.5 Å². The number of carbonyl (C=O) groups excluding carboxylic acids is 1. The van der Waals surface area contributed by atoms with Gasteiger partial charge in [0.2, 0.25) is 11.8 Å². The summed E-state index contributed by atoms with van der Waals surface area (Å²) >= 11 is 0. The highest BCUT2D eigenvalue weighted by Gasteiger charge is 2.42. The number of nitrogens with zero attached hydrogens (tertiary/aromatic N) is 4. The average molecular weight is 441 g/mol. The molecule has 0 saturated heterocycles. The Morgan fingerprint density at radius 2 is 1.55 bits per heavy atom. The molecule has 1 aliphatic rings. The van der Waals surface area contributed by atoms with Crippen LogP contribution in [0.2, 0.25) is 0 Å². The normalized spacial score (nSPS) is 15.1. The van der Waals surface area contributed by atoms with Gasteiger partial charge in [0.25, 0.3) is 0 Å². The average Bonchev–Trinajstić information content (AvgIpc) is 2.78. The van der Waals surface area contributed by atoms with Crippen LogP contribution in [0.4, 0.5) is 27.9 Å². The number of esters is 1. The molecule has 0 amide bonds. The van der Waals surface area contributed by atoms with Crippen molar-refractivity contribution < 1.29 is 36.3 Å². The van der Waals surface area contributed by atoms with Crippen molar-refractivity contribution in [3.63, 3.8) is 0 Å². The lowest BCUT2D eigenvalue weighted by atomic mass is 9.97. The van der Waals surface area contributed by atoms with Crippen LogP contribution in [0.5, 0.6) is 0 Å². The van der Waals surface area contributed by atoms with Gasteiger partial charge in [0.1, 0.15) is 6.10 Å². The van der Waals surface area contributed by atoms with Gasteiger partial charge in [0.05, 0.1) is 5.56 Å². The lowest BCUT2D eigenvalue weighted by Gasteiger charge is -2.22. The van der Waals surface area contributed by atoms with Crippen molar-refractivity contribution in [2.75, 3.05) is 5.32 Å². The molecule has 1 N–H and O–H groups in total. The van der Waals surface area contributed by atoms with Gasteiger partial charge in [-0.15, -0.1) is 0 Å². The molecule has 164 valence electrons. The van der Waals surface area contributed by atoms with Crippen molar-refractivity contribution in [2.24, 2.45) is 0 Å². The van der Waals surface area contributed by atoms with Crippen molar-refractivity contribution in [2.45, 2.75) is 44.2 Å². The zero-order valence-electron chi connectivity index (χ0n) is 15.9. The molecule has 1 aromatic heterocycles. The van der Waals surface area contributed by atoms with E-state index in [1.807, 2.05) is 0 Å². The zero-order valence-corrected chi connectivity index (χ0v) is 15.9. The SMILES string of the molecule is [N-]=[N+]=C(C(=O)OC1CCCCC1)C(Nc1ncccn1)c1c(F)c(F)c(F)c(F)c1F. The largest absolute Gasteiger partial charge is 0.454 e. The van der Waals surface area contributed by atoms with Crippen LogP contribution in [0, 0.1) is 29.1 Å². The van der Waals surface area contributed by atoms with Crippen LogP contribution < -0.4 is 5.32 Å². The number of hydrogen-bond acceptors (Lipinski definition) is 5. The van der Waals surface area contributed by atoms with E-state index in [0.29, 0.717) is 12.8 Å². The molecular formula is C19H16F5N5O2. The molecule has 1 aliphatic carbocycles. The van der Waals surface area contributed by atoms with Crippen molar-refractivity contribution in [3.05, 3.63) is 58.6 Å². The van der Waals surface area contributed by atoms with E-state index in [-0.39, 0.29) is 5.95 Å². The summed E-state index contributed by atoms with van der Waals surface area (Å²) in [5.41, 5.74) is 6.94. The minimum atomic E-state index is -2.37. The molecule has 1 aromatic carbocycles. The maximum atomic E-state index is 14.5. The monoisotopic (exact) mass is 441 g/mol. The Morgan fingerprint density at radius 3 is 2.10 bits per heavy atom. The van der Waals surface area contributed by atoms with E-state index in [4.69, 9.17) is 4.74 Å². The van der Waals surface area contributed by atoms with Crippen LogP contribution in [0.25, 0.3) is 5.53 Å². The van der Waals surface area contributed by atoms with Crippen LogP contribution in [0.15, 0.2) is 18.5 Å². The molecule has 1 heterocycles. The van der Waals surface area contributed by atoms with Crippen LogP contribution in [0.3, 0.4) is 0 Å². The summed E-state index contributed by atoms with van der Waals surface area (Å²) in [6.45, 7) is 0. The summed E-state index contributed by atoms with van der Waals surface area (Å²) in [6.07, 6.45) is 5.45. The third kappa shape index (κ3) is 4.69. The van der Waals surface area contributed by atoms with Gasteiger partial charge in [-0.25, -0.2) is 36.7 Å². The van der Waals surface area contributed by atoms with Gasteiger partial charge in [0, 0.05) is 12.4 Å². The molecule has 1 saturated carbocycles. The number of anilines is 1. The minimum absolute atomic E-state index is 0.331. The van der Waals surface area contributed by atoms with Crippen LogP contribution in [-0.2, 0) is 9.53 Å². The Bertz CT molecular complexity index is 995. The number of ether oxygens (including phenoxy) is 1. The van der Waals surface area contributed by atoms with Crippen molar-refractivity contribution >= 4 is 17.6 Å². The van der Waals surface area contributed by atoms with Crippen molar-refractivity contribution in [3.8, 4) is 0 Å². The third-order valence-electron chi connectivity index (χ3n) is 4.79. The van der Waals surface area contributed by atoms with E-state index in [9.17, 15) is 32.3 Å². The van der Waals surface area contributed by atoms with Crippen LogP contribution >= 0.6 is 0 Å². The van der Waals surface area contributed by atoms with Crippen molar-refractivity contribution in [1.82, 2.24) is 9.97 Å². The highest BCUT2D eigenvalue weighted by molar-refractivity contribution is 6.36. The summed E-state index contributed by atoms with van der Waals surface area (Å²) < 4.78 is 75.3. The number of hydrogen-bond donors (Lipinski definition) is 1. The molecule has 0 radical (unpaired) electrons. The number of halogens is 5. The fourth-order valence-corrected chi connectivity index (χ4v) is 3.27. The Kier molecular flexibility index (Phi) is 6.91. The Morgan fingerprint density at radius 1 is 1.00 bits per heavy atom. The Hall–Kier alpha value is -3.40. The highest BCUT2D eigenvalue weighted by Crippen LogP contribution is 2.31. The van der Waals surface area contributed by atoms with Gasteiger partial charge < -0.3 is 15.6 Å². The maximum absolute atomic E-state index is 14.5. The van der Waals surface area contributed by atoms with Crippen molar-refractivity contribution in [1.29, 1.82) is 0 Å². The van der Waals surface area contributed by atoms with E-state index >= 15 is 0 Å². The van der Waals surface area contributed by atoms with Gasteiger partial charge >= 0.3 is 11.7 Å². The second-order valence-electron chi connectivity index (χ2n) is 6.78. The molecule has 3 rings (SSSR count). The molecule has 1 unspecified atom stereocenters. The highest BCUT2D eigenvalue weighted by atomic mass is 19.2. The minimum Gasteiger partial charge on any atom is -0.454 e. The summed E-state index contributed by atoms with van der Waals surface area (Å²) in [7, 11) is 0. The first-order valence-electron chi connectivity index (χ1n) is 9.33. The molecule has 12 heteroatoms. The zero-order chi connectivity index (χ0) is 22.5. The smallest absolute Gasteiger partial charge is 0.419 e. The third-order valence-corrected chi connectivity index (χ3v) is 4.79. The number of nitrogens with one attached hydrogen (secondary N) is 1.